The van der Waals surface area contributed by atoms with Crippen LogP contribution < -0.4 is 14.8 Å². The van der Waals surface area contributed by atoms with E-state index < -0.39 is 0 Å². The number of benzene rings is 1. The van der Waals surface area contributed by atoms with E-state index in [0.29, 0.717) is 23.2 Å². The highest BCUT2D eigenvalue weighted by Gasteiger charge is 2.09. The zero-order valence-electron chi connectivity index (χ0n) is 12.7. The van der Waals surface area contributed by atoms with Crippen LogP contribution in [0.5, 0.6) is 11.5 Å². The van der Waals surface area contributed by atoms with E-state index in [1.807, 2.05) is 18.2 Å². The number of rotatable bonds is 8. The molecular weight excluding hydrogens is 270 g/mol. The molecule has 0 aliphatic heterocycles. The molecule has 21 heavy (non-hydrogen) atoms. The topological polar surface area (TPSA) is 69.4 Å². The Balaban J connectivity index is 1.98. The van der Waals surface area contributed by atoms with Gasteiger partial charge in [0, 0.05) is 6.54 Å². The van der Waals surface area contributed by atoms with Crippen molar-refractivity contribution in [1.82, 2.24) is 15.5 Å². The van der Waals surface area contributed by atoms with Crippen molar-refractivity contribution >= 4 is 0 Å². The highest BCUT2D eigenvalue weighted by atomic mass is 16.5. The predicted molar refractivity (Wildman–Crippen MR) is 78.4 cm³/mol. The van der Waals surface area contributed by atoms with E-state index in [2.05, 4.69) is 22.4 Å². The molecule has 2 rings (SSSR count). The van der Waals surface area contributed by atoms with Crippen molar-refractivity contribution < 1.29 is 14.0 Å². The van der Waals surface area contributed by atoms with E-state index in [1.54, 1.807) is 14.0 Å². The Hall–Kier alpha value is -2.08. The van der Waals surface area contributed by atoms with Gasteiger partial charge >= 0.3 is 0 Å². The summed E-state index contributed by atoms with van der Waals surface area (Å²) < 4.78 is 16.0. The fourth-order valence-electron chi connectivity index (χ4n) is 1.89. The molecule has 0 saturated heterocycles. The van der Waals surface area contributed by atoms with E-state index in [4.69, 9.17) is 14.0 Å². The maximum Gasteiger partial charge on any atom is 0.264 e. The maximum atomic E-state index is 5.67. The van der Waals surface area contributed by atoms with Crippen molar-refractivity contribution in [2.75, 3.05) is 13.7 Å². The van der Waals surface area contributed by atoms with Crippen molar-refractivity contribution in [2.45, 2.75) is 33.4 Å². The minimum Gasteiger partial charge on any atom is -0.493 e. The summed E-state index contributed by atoms with van der Waals surface area (Å²) in [4.78, 5) is 4.10. The van der Waals surface area contributed by atoms with Gasteiger partial charge in [0.05, 0.1) is 7.11 Å². The number of hydrogen-bond donors (Lipinski definition) is 1. The van der Waals surface area contributed by atoms with Crippen LogP contribution in [0.2, 0.25) is 0 Å². The summed E-state index contributed by atoms with van der Waals surface area (Å²) in [6.45, 7) is 5.95. The first-order chi connectivity index (χ1) is 10.2. The van der Waals surface area contributed by atoms with Crippen molar-refractivity contribution in [2.24, 2.45) is 0 Å². The van der Waals surface area contributed by atoms with Gasteiger partial charge in [0.25, 0.3) is 5.89 Å². The molecule has 6 heteroatoms. The third-order valence-electron chi connectivity index (χ3n) is 2.90. The second kappa shape index (κ2) is 7.64. The van der Waals surface area contributed by atoms with Gasteiger partial charge in [0.15, 0.2) is 23.9 Å². The van der Waals surface area contributed by atoms with Gasteiger partial charge in [-0.1, -0.05) is 18.1 Å². The Morgan fingerprint density at radius 2 is 2.14 bits per heavy atom. The molecule has 1 N–H and O–H groups in total. The number of ether oxygens (including phenoxy) is 2. The summed E-state index contributed by atoms with van der Waals surface area (Å²) >= 11 is 0. The fraction of sp³-hybridized carbons (Fsp3) is 0.467. The summed E-state index contributed by atoms with van der Waals surface area (Å²) in [5.41, 5.74) is 1.15. The zero-order chi connectivity index (χ0) is 15.1. The Labute approximate surface area is 124 Å². The molecule has 1 aromatic heterocycles. The average molecular weight is 291 g/mol. The maximum absolute atomic E-state index is 5.67. The molecule has 0 atom stereocenters. The van der Waals surface area contributed by atoms with Crippen LogP contribution in [0.15, 0.2) is 22.7 Å². The molecule has 0 radical (unpaired) electrons. The second-order valence-electron chi connectivity index (χ2n) is 4.69. The van der Waals surface area contributed by atoms with Gasteiger partial charge in [0.2, 0.25) is 0 Å². The first-order valence-electron chi connectivity index (χ1n) is 7.02. The normalized spacial score (nSPS) is 10.6. The molecule has 0 aliphatic carbocycles. The van der Waals surface area contributed by atoms with Crippen LogP contribution in [-0.2, 0) is 13.2 Å². The van der Waals surface area contributed by atoms with Crippen LogP contribution in [0.25, 0.3) is 0 Å². The third kappa shape index (κ3) is 4.46. The van der Waals surface area contributed by atoms with E-state index in [1.165, 1.54) is 0 Å². The number of nitrogens with one attached hydrogen (secondary N) is 1. The molecule has 0 saturated carbocycles. The molecule has 2 aromatic rings. The van der Waals surface area contributed by atoms with Crippen molar-refractivity contribution in [3.8, 4) is 11.5 Å². The van der Waals surface area contributed by atoms with Crippen molar-refractivity contribution in [3.63, 3.8) is 0 Å². The van der Waals surface area contributed by atoms with Crippen molar-refractivity contribution in [1.29, 1.82) is 0 Å². The second-order valence-corrected chi connectivity index (χ2v) is 4.69. The quantitative estimate of drug-likeness (QED) is 0.753. The van der Waals surface area contributed by atoms with Crippen molar-refractivity contribution in [3.05, 3.63) is 35.5 Å². The van der Waals surface area contributed by atoms with Gasteiger partial charge in [-0.2, -0.15) is 4.98 Å². The first-order valence-corrected chi connectivity index (χ1v) is 7.02. The average Bonchev–Trinajstić information content (AvgIpc) is 2.91. The van der Waals surface area contributed by atoms with Crippen LogP contribution in [0, 0.1) is 6.92 Å². The summed E-state index contributed by atoms with van der Waals surface area (Å²) in [7, 11) is 1.63. The molecule has 1 aromatic carbocycles. The molecule has 1 heterocycles. The molecule has 6 nitrogen and oxygen atoms in total. The Kier molecular flexibility index (Phi) is 5.57. The fourth-order valence-corrected chi connectivity index (χ4v) is 1.89. The lowest BCUT2D eigenvalue weighted by Crippen LogP contribution is -2.13. The molecule has 0 fully saturated rings. The summed E-state index contributed by atoms with van der Waals surface area (Å²) in [6.07, 6.45) is 1.11. The van der Waals surface area contributed by atoms with Crippen LogP contribution in [-0.4, -0.2) is 23.8 Å². The largest absolute Gasteiger partial charge is 0.493 e. The van der Waals surface area contributed by atoms with Crippen LogP contribution >= 0.6 is 0 Å². The molecule has 0 unspecified atom stereocenters. The standard InChI is InChI=1S/C15H21N3O3/c1-4-7-16-9-12-5-6-13(14(8-12)19-3)20-10-15-17-11(2)18-21-15/h5-6,8,16H,4,7,9-10H2,1-3H3. The van der Waals surface area contributed by atoms with Crippen LogP contribution in [0.3, 0.4) is 0 Å². The lowest BCUT2D eigenvalue weighted by atomic mass is 10.2. The van der Waals surface area contributed by atoms with E-state index in [9.17, 15) is 0 Å². The summed E-state index contributed by atoms with van der Waals surface area (Å²) in [5, 5.41) is 7.07. The predicted octanol–water partition coefficient (Wildman–Crippen LogP) is 2.47. The zero-order valence-corrected chi connectivity index (χ0v) is 12.7. The van der Waals surface area contributed by atoms with Crippen LogP contribution in [0.1, 0.15) is 30.6 Å². The smallest absolute Gasteiger partial charge is 0.264 e. The summed E-state index contributed by atoms with van der Waals surface area (Å²) in [5.74, 6) is 2.40. The van der Waals surface area contributed by atoms with Gasteiger partial charge in [0.1, 0.15) is 0 Å². The number of methoxy groups -OCH3 is 1. The number of aromatic nitrogens is 2. The highest BCUT2D eigenvalue weighted by Crippen LogP contribution is 2.28. The Morgan fingerprint density at radius 1 is 1.29 bits per heavy atom. The number of nitrogens with zero attached hydrogens (tertiary/aromatic N) is 2. The minimum absolute atomic E-state index is 0.227. The third-order valence-corrected chi connectivity index (χ3v) is 2.90. The van der Waals surface area contributed by atoms with Gasteiger partial charge in [-0.3, -0.25) is 0 Å². The number of aryl methyl sites for hydroxylation is 1. The monoisotopic (exact) mass is 291 g/mol. The lowest BCUT2D eigenvalue weighted by Gasteiger charge is -2.11. The highest BCUT2D eigenvalue weighted by molar-refractivity contribution is 5.42. The summed E-state index contributed by atoms with van der Waals surface area (Å²) in [6, 6.07) is 5.88. The van der Waals surface area contributed by atoms with E-state index in [0.717, 1.165) is 25.1 Å². The molecule has 114 valence electrons. The lowest BCUT2D eigenvalue weighted by molar-refractivity contribution is 0.233. The van der Waals surface area contributed by atoms with E-state index in [-0.39, 0.29) is 6.61 Å². The van der Waals surface area contributed by atoms with Gasteiger partial charge in [-0.15, -0.1) is 0 Å². The number of hydrogen-bond acceptors (Lipinski definition) is 6. The minimum atomic E-state index is 0.227. The molecule has 0 bridgehead atoms. The van der Waals surface area contributed by atoms with Gasteiger partial charge in [-0.25, -0.2) is 0 Å². The SMILES string of the molecule is CCCNCc1ccc(OCc2nc(C)no2)c(OC)c1. The Bertz CT molecular complexity index is 569. The molecular formula is C15H21N3O3. The molecule has 0 aliphatic rings. The van der Waals surface area contributed by atoms with Gasteiger partial charge < -0.3 is 19.3 Å². The first kappa shape index (κ1) is 15.3. The molecule has 0 amide bonds. The van der Waals surface area contributed by atoms with Gasteiger partial charge in [-0.05, 0) is 37.6 Å². The van der Waals surface area contributed by atoms with E-state index >= 15 is 0 Å². The van der Waals surface area contributed by atoms with Crippen LogP contribution in [0.4, 0.5) is 0 Å². The molecule has 0 spiro atoms. The Morgan fingerprint density at radius 3 is 2.81 bits per heavy atom.